The van der Waals surface area contributed by atoms with Gasteiger partial charge in [-0.05, 0) is 12.1 Å². The van der Waals surface area contributed by atoms with Gasteiger partial charge in [0.2, 0.25) is 0 Å². The third-order valence-corrected chi connectivity index (χ3v) is 1.51. The zero-order chi connectivity index (χ0) is 9.52. The molecule has 1 heterocycles. The van der Waals surface area contributed by atoms with E-state index in [9.17, 15) is 0 Å². The van der Waals surface area contributed by atoms with Crippen LogP contribution >= 0.6 is 12.6 Å². The fraction of sp³-hybridized carbons (Fsp3) is 0. The van der Waals surface area contributed by atoms with Crippen LogP contribution in [0.5, 0.6) is 0 Å². The normalized spacial score (nSPS) is 6.75. The molecule has 1 aromatic heterocycles. The Morgan fingerprint density at radius 2 is 1.56 bits per heavy atom. The molecule has 0 unspecified atom stereocenters. The van der Waals surface area contributed by atoms with Crippen molar-refractivity contribution in [2.24, 2.45) is 0 Å². The molecule has 0 bridgehead atoms. The number of hydrogen-bond acceptors (Lipinski definition) is 3. The summed E-state index contributed by atoms with van der Waals surface area (Å²) in [6.45, 7) is 0. The van der Waals surface area contributed by atoms with E-state index in [2.05, 4.69) is 29.7 Å². The number of pyridine rings is 1. The van der Waals surface area contributed by atoms with Crippen molar-refractivity contribution in [2.45, 2.75) is 0 Å². The van der Waals surface area contributed by atoms with Gasteiger partial charge in [-0.2, -0.15) is 5.26 Å². The Balaban J connectivity index is -0.000000258. The molecule has 1 aromatic carbocycles. The fourth-order valence-corrected chi connectivity index (χ4v) is 1.02. The molecule has 0 amide bonds. The molecule has 0 atom stereocenters. The standard InChI is InChI=1S/C9H7N.CHNS.Cu.2H2N/c1-2-6-9-8(4-1)5-3-7-10-9;2-1-3;;;/h1-7H;3H;;2*1H2/q;;+2;2*-1. The van der Waals surface area contributed by atoms with Crippen molar-refractivity contribution in [1.82, 2.24) is 4.98 Å². The Morgan fingerprint density at radius 3 is 2.12 bits per heavy atom. The molecule has 0 fully saturated rings. The first-order chi connectivity index (χ1) is 6.38. The van der Waals surface area contributed by atoms with Gasteiger partial charge in [-0.25, -0.2) is 0 Å². The number of nitriles is 1. The molecule has 16 heavy (non-hydrogen) atoms. The van der Waals surface area contributed by atoms with Gasteiger partial charge in [-0.3, -0.25) is 4.98 Å². The number of nitrogens with two attached hydrogens (primary N) is 2. The zero-order valence-electron chi connectivity index (χ0n) is 8.34. The number of thiol groups is 1. The van der Waals surface area contributed by atoms with E-state index in [4.69, 9.17) is 5.26 Å². The van der Waals surface area contributed by atoms with E-state index in [0.717, 1.165) is 5.52 Å². The van der Waals surface area contributed by atoms with Gasteiger partial charge in [0.1, 0.15) is 5.40 Å². The molecule has 0 aliphatic carbocycles. The number of nitrogens with zero attached hydrogens (tertiary/aromatic N) is 2. The molecule has 0 spiro atoms. The summed E-state index contributed by atoms with van der Waals surface area (Å²) in [5, 5.41) is 9.83. The van der Waals surface area contributed by atoms with E-state index in [1.54, 1.807) is 0 Å². The van der Waals surface area contributed by atoms with Gasteiger partial charge in [0.15, 0.2) is 0 Å². The molecule has 2 rings (SSSR count). The summed E-state index contributed by atoms with van der Waals surface area (Å²) in [4.78, 5) is 4.18. The Kier molecular flexibility index (Phi) is 15.2. The van der Waals surface area contributed by atoms with E-state index in [-0.39, 0.29) is 29.4 Å². The number of aromatic nitrogens is 1. The van der Waals surface area contributed by atoms with Crippen molar-refractivity contribution in [3.05, 3.63) is 54.9 Å². The quantitative estimate of drug-likeness (QED) is 0.447. The number of thiocyanates is 1. The van der Waals surface area contributed by atoms with Crippen molar-refractivity contribution in [3.8, 4) is 5.40 Å². The first-order valence-electron chi connectivity index (χ1n) is 3.71. The second-order valence-corrected chi connectivity index (χ2v) is 2.50. The molecule has 2 aromatic rings. The zero-order valence-corrected chi connectivity index (χ0v) is 10.2. The van der Waals surface area contributed by atoms with Gasteiger partial charge >= 0.3 is 17.1 Å². The maximum absolute atomic E-state index is 7.18. The number of para-hydroxylation sites is 1. The van der Waals surface area contributed by atoms with Crippen molar-refractivity contribution in [2.75, 3.05) is 0 Å². The van der Waals surface area contributed by atoms with Crippen LogP contribution in [0.2, 0.25) is 0 Å². The van der Waals surface area contributed by atoms with Crippen LogP contribution in [0.4, 0.5) is 0 Å². The molecule has 0 saturated carbocycles. The summed E-state index contributed by atoms with van der Waals surface area (Å²) in [5.74, 6) is 0. The molecule has 6 heteroatoms. The second-order valence-electron chi connectivity index (χ2n) is 2.30. The fourth-order valence-electron chi connectivity index (χ4n) is 1.02. The summed E-state index contributed by atoms with van der Waals surface area (Å²) < 4.78 is 0. The molecule has 0 aliphatic rings. The number of benzene rings is 1. The average Bonchev–Trinajstić information content (AvgIpc) is 2.19. The van der Waals surface area contributed by atoms with Crippen LogP contribution in [-0.4, -0.2) is 4.98 Å². The Bertz CT molecular complexity index is 365. The van der Waals surface area contributed by atoms with Gasteiger partial charge in [0.25, 0.3) is 0 Å². The number of fused-ring (bicyclic) bond motifs is 1. The minimum absolute atomic E-state index is 0. The summed E-state index contributed by atoms with van der Waals surface area (Å²) in [6.07, 6.45) is 1.81. The smallest absolute Gasteiger partial charge is 0.693 e. The first kappa shape index (κ1) is 20.3. The van der Waals surface area contributed by atoms with E-state index in [1.807, 2.05) is 30.5 Å². The largest absolute Gasteiger partial charge is 2.00 e. The SMILES string of the molecule is N#CS.[Cu+2].[NH2-].[NH2-].c1ccc2ncccc2c1. The molecule has 0 aliphatic heterocycles. The molecule has 1 radical (unpaired) electrons. The first-order valence-corrected chi connectivity index (χ1v) is 4.16. The third kappa shape index (κ3) is 6.40. The van der Waals surface area contributed by atoms with Crippen LogP contribution in [0.25, 0.3) is 23.2 Å². The van der Waals surface area contributed by atoms with Crippen LogP contribution in [0.3, 0.4) is 0 Å². The summed E-state index contributed by atoms with van der Waals surface area (Å²) in [7, 11) is 0. The van der Waals surface area contributed by atoms with E-state index in [1.165, 1.54) is 10.8 Å². The van der Waals surface area contributed by atoms with Gasteiger partial charge < -0.3 is 12.3 Å². The monoisotopic (exact) mass is 283 g/mol. The molecular weight excluding hydrogens is 272 g/mol. The Hall–Kier alpha value is -1.09. The van der Waals surface area contributed by atoms with Crippen LogP contribution in [-0.2, 0) is 17.1 Å². The van der Waals surface area contributed by atoms with Crippen LogP contribution in [0.15, 0.2) is 42.6 Å². The van der Waals surface area contributed by atoms with Crippen LogP contribution in [0, 0.1) is 10.7 Å². The summed E-state index contributed by atoms with van der Waals surface area (Å²) in [5.41, 5.74) is 1.06. The van der Waals surface area contributed by atoms with E-state index < -0.39 is 0 Å². The minimum atomic E-state index is 0. The predicted octanol–water partition coefficient (Wildman–Crippen LogP) is 4.06. The minimum Gasteiger partial charge on any atom is -0.693 e. The maximum Gasteiger partial charge on any atom is 2.00 e. The van der Waals surface area contributed by atoms with Gasteiger partial charge in [-0.15, -0.1) is 0 Å². The van der Waals surface area contributed by atoms with Crippen LogP contribution in [0.1, 0.15) is 0 Å². The summed E-state index contributed by atoms with van der Waals surface area (Å²) >= 11 is 3.09. The summed E-state index contributed by atoms with van der Waals surface area (Å²) in [6, 6.07) is 12.1. The topological polar surface area (TPSA) is 104 Å². The van der Waals surface area contributed by atoms with Gasteiger partial charge in [0.05, 0.1) is 5.52 Å². The van der Waals surface area contributed by atoms with Gasteiger partial charge in [-0.1, -0.05) is 36.9 Å². The molecular formula is C10H12CuN4S. The molecule has 0 saturated heterocycles. The number of rotatable bonds is 0. The van der Waals surface area contributed by atoms with Crippen molar-refractivity contribution in [1.29, 1.82) is 5.26 Å². The third-order valence-electron chi connectivity index (χ3n) is 1.51. The van der Waals surface area contributed by atoms with Crippen LogP contribution < -0.4 is 0 Å². The molecule has 89 valence electrons. The molecule has 4 nitrogen and oxygen atoms in total. The van der Waals surface area contributed by atoms with E-state index >= 15 is 0 Å². The van der Waals surface area contributed by atoms with Crippen molar-refractivity contribution < 1.29 is 17.1 Å². The van der Waals surface area contributed by atoms with Gasteiger partial charge in [0, 0.05) is 11.6 Å². The Labute approximate surface area is 111 Å². The van der Waals surface area contributed by atoms with E-state index in [0.29, 0.717) is 0 Å². The maximum atomic E-state index is 7.18. The predicted molar refractivity (Wildman–Crippen MR) is 66.9 cm³/mol. The van der Waals surface area contributed by atoms with Crippen molar-refractivity contribution in [3.63, 3.8) is 0 Å². The second kappa shape index (κ2) is 12.0. The van der Waals surface area contributed by atoms with Crippen molar-refractivity contribution >= 4 is 23.5 Å². The Morgan fingerprint density at radius 1 is 1.06 bits per heavy atom. The molecule has 4 N–H and O–H groups in total. The number of hydrogen-bond donors (Lipinski definition) is 1. The average molecular weight is 284 g/mol.